The Morgan fingerprint density at radius 2 is 1.94 bits per heavy atom. The van der Waals surface area contributed by atoms with E-state index < -0.39 is 5.82 Å². The van der Waals surface area contributed by atoms with Gasteiger partial charge in [-0.2, -0.15) is 4.98 Å². The van der Waals surface area contributed by atoms with Crippen LogP contribution in [0.3, 0.4) is 0 Å². The van der Waals surface area contributed by atoms with Crippen molar-refractivity contribution in [1.82, 2.24) is 9.97 Å². The van der Waals surface area contributed by atoms with Gasteiger partial charge < -0.3 is 11.5 Å². The second-order valence-electron chi connectivity index (χ2n) is 3.26. The molecule has 2 rings (SSSR count). The fraction of sp³-hybridized carbons (Fsp3) is 0. The van der Waals surface area contributed by atoms with E-state index in [0.717, 1.165) is 0 Å². The van der Waals surface area contributed by atoms with Gasteiger partial charge in [0.25, 0.3) is 0 Å². The van der Waals surface area contributed by atoms with Crippen LogP contribution >= 0.6 is 0 Å². The summed E-state index contributed by atoms with van der Waals surface area (Å²) in [6, 6.07) is 6.64. The molecule has 0 bridgehead atoms. The van der Waals surface area contributed by atoms with Crippen LogP contribution in [-0.2, 0) is 0 Å². The summed E-state index contributed by atoms with van der Waals surface area (Å²) < 4.78 is 13.7. The summed E-state index contributed by atoms with van der Waals surface area (Å²) in [7, 11) is 5.59. The molecule has 4 nitrogen and oxygen atoms in total. The average Bonchev–Trinajstić information content (AvgIpc) is 2.23. The van der Waals surface area contributed by atoms with E-state index in [-0.39, 0.29) is 17.5 Å². The first-order chi connectivity index (χ1) is 7.58. The van der Waals surface area contributed by atoms with Crippen LogP contribution in [0.4, 0.5) is 16.2 Å². The summed E-state index contributed by atoms with van der Waals surface area (Å²) in [6.07, 6.45) is 0. The SMILES string of the molecule is [B]c1cccc(-c2nc(N)nc(N)c2F)c1. The van der Waals surface area contributed by atoms with Gasteiger partial charge >= 0.3 is 0 Å². The third-order valence-electron chi connectivity index (χ3n) is 2.05. The quantitative estimate of drug-likeness (QED) is 0.666. The minimum atomic E-state index is -0.695. The molecule has 4 N–H and O–H groups in total. The van der Waals surface area contributed by atoms with Gasteiger partial charge in [0.15, 0.2) is 11.6 Å². The lowest BCUT2D eigenvalue weighted by Crippen LogP contribution is -2.07. The molecule has 1 aromatic carbocycles. The van der Waals surface area contributed by atoms with Crippen molar-refractivity contribution in [3.8, 4) is 11.3 Å². The highest BCUT2D eigenvalue weighted by Crippen LogP contribution is 2.23. The number of anilines is 2. The molecular weight excluding hydrogens is 206 g/mol. The van der Waals surface area contributed by atoms with Gasteiger partial charge in [-0.15, -0.1) is 0 Å². The van der Waals surface area contributed by atoms with E-state index in [1.54, 1.807) is 24.3 Å². The molecule has 78 valence electrons. The Labute approximate surface area is 92.9 Å². The molecule has 0 aliphatic carbocycles. The van der Waals surface area contributed by atoms with Crippen LogP contribution in [0.1, 0.15) is 0 Å². The van der Waals surface area contributed by atoms with Crippen LogP contribution < -0.4 is 16.9 Å². The van der Waals surface area contributed by atoms with Crippen molar-refractivity contribution in [2.24, 2.45) is 0 Å². The molecule has 2 aromatic rings. The molecule has 6 heteroatoms. The lowest BCUT2D eigenvalue weighted by atomic mass is 9.93. The molecule has 0 atom stereocenters. The van der Waals surface area contributed by atoms with Crippen molar-refractivity contribution >= 4 is 25.1 Å². The maximum absolute atomic E-state index is 13.7. The Morgan fingerprint density at radius 3 is 2.62 bits per heavy atom. The number of halogens is 1. The second-order valence-corrected chi connectivity index (χ2v) is 3.26. The number of hydrogen-bond donors (Lipinski definition) is 2. The number of aromatic nitrogens is 2. The standard InChI is InChI=1S/C10H8BFN4/c11-6-3-1-2-5(4-6)8-7(12)9(13)16-10(14)15-8/h1-4H,(H4,13,14,15,16). The molecule has 0 aliphatic rings. The highest BCUT2D eigenvalue weighted by molar-refractivity contribution is 6.32. The van der Waals surface area contributed by atoms with Crippen molar-refractivity contribution in [2.75, 3.05) is 11.5 Å². The Morgan fingerprint density at radius 1 is 1.19 bits per heavy atom. The van der Waals surface area contributed by atoms with Crippen molar-refractivity contribution in [2.45, 2.75) is 0 Å². The van der Waals surface area contributed by atoms with Crippen LogP contribution in [-0.4, -0.2) is 17.8 Å². The van der Waals surface area contributed by atoms with E-state index in [0.29, 0.717) is 11.0 Å². The average molecular weight is 214 g/mol. The fourth-order valence-corrected chi connectivity index (χ4v) is 1.36. The number of hydrogen-bond acceptors (Lipinski definition) is 4. The van der Waals surface area contributed by atoms with Gasteiger partial charge in [-0.25, -0.2) is 9.37 Å². The predicted molar refractivity (Wildman–Crippen MR) is 61.6 cm³/mol. The van der Waals surface area contributed by atoms with Crippen LogP contribution in [0.2, 0.25) is 0 Å². The minimum absolute atomic E-state index is 0.0531. The van der Waals surface area contributed by atoms with Crippen molar-refractivity contribution < 1.29 is 4.39 Å². The fourth-order valence-electron chi connectivity index (χ4n) is 1.36. The van der Waals surface area contributed by atoms with Gasteiger partial charge in [-0.3, -0.25) is 0 Å². The van der Waals surface area contributed by atoms with E-state index in [2.05, 4.69) is 9.97 Å². The van der Waals surface area contributed by atoms with E-state index in [4.69, 9.17) is 19.3 Å². The molecule has 0 saturated heterocycles. The van der Waals surface area contributed by atoms with Crippen molar-refractivity contribution in [1.29, 1.82) is 0 Å². The maximum atomic E-state index is 13.7. The third-order valence-corrected chi connectivity index (χ3v) is 2.05. The number of nitrogens with zero attached hydrogens (tertiary/aromatic N) is 2. The Bertz CT molecular complexity index is 544. The molecule has 0 saturated carbocycles. The van der Waals surface area contributed by atoms with Gasteiger partial charge in [-0.05, 0) is 0 Å². The molecule has 1 aromatic heterocycles. The van der Waals surface area contributed by atoms with Gasteiger partial charge in [0.05, 0.1) is 0 Å². The maximum Gasteiger partial charge on any atom is 0.222 e. The zero-order chi connectivity index (χ0) is 11.7. The molecule has 1 heterocycles. The van der Waals surface area contributed by atoms with E-state index >= 15 is 0 Å². The number of rotatable bonds is 1. The first-order valence-electron chi connectivity index (χ1n) is 4.52. The number of benzene rings is 1. The second kappa shape index (κ2) is 3.81. The van der Waals surface area contributed by atoms with Gasteiger partial charge in [-0.1, -0.05) is 29.7 Å². The van der Waals surface area contributed by atoms with Crippen LogP contribution in [0, 0.1) is 5.82 Å². The number of nitrogen functional groups attached to an aromatic ring is 2. The molecule has 16 heavy (non-hydrogen) atoms. The summed E-state index contributed by atoms with van der Waals surface area (Å²) in [5.74, 6) is -1.04. The molecule has 0 amide bonds. The van der Waals surface area contributed by atoms with E-state index in [1.165, 1.54) is 0 Å². The van der Waals surface area contributed by atoms with E-state index in [9.17, 15) is 4.39 Å². The summed E-state index contributed by atoms with van der Waals surface area (Å²) in [5, 5.41) is 0. The molecular formula is C10H8BFN4. The van der Waals surface area contributed by atoms with Crippen LogP contribution in [0.15, 0.2) is 24.3 Å². The first kappa shape index (κ1) is 10.4. The van der Waals surface area contributed by atoms with Gasteiger partial charge in [0.1, 0.15) is 13.5 Å². The van der Waals surface area contributed by atoms with Crippen LogP contribution in [0.25, 0.3) is 11.3 Å². The smallest absolute Gasteiger partial charge is 0.222 e. The molecule has 0 spiro atoms. The zero-order valence-electron chi connectivity index (χ0n) is 8.31. The Hall–Kier alpha value is -2.11. The van der Waals surface area contributed by atoms with Crippen molar-refractivity contribution in [3.63, 3.8) is 0 Å². The Kier molecular flexibility index (Phi) is 2.48. The largest absolute Gasteiger partial charge is 0.381 e. The summed E-state index contributed by atoms with van der Waals surface area (Å²) in [6.45, 7) is 0. The monoisotopic (exact) mass is 214 g/mol. The molecule has 0 unspecified atom stereocenters. The van der Waals surface area contributed by atoms with Crippen molar-refractivity contribution in [3.05, 3.63) is 30.1 Å². The summed E-state index contributed by atoms with van der Waals surface area (Å²) in [5.41, 5.74) is 11.8. The van der Waals surface area contributed by atoms with E-state index in [1.807, 2.05) is 0 Å². The zero-order valence-corrected chi connectivity index (χ0v) is 8.31. The lowest BCUT2D eigenvalue weighted by molar-refractivity contribution is 0.625. The van der Waals surface area contributed by atoms with Gasteiger partial charge in [0.2, 0.25) is 5.95 Å². The highest BCUT2D eigenvalue weighted by atomic mass is 19.1. The molecule has 0 aliphatic heterocycles. The first-order valence-corrected chi connectivity index (χ1v) is 4.52. The third kappa shape index (κ3) is 1.81. The van der Waals surface area contributed by atoms with Crippen LogP contribution in [0.5, 0.6) is 0 Å². The number of nitrogens with two attached hydrogens (primary N) is 2. The summed E-state index contributed by atoms with van der Waals surface area (Å²) >= 11 is 0. The predicted octanol–water partition coefficient (Wildman–Crippen LogP) is 0.241. The normalized spacial score (nSPS) is 10.3. The molecule has 2 radical (unpaired) electrons. The topological polar surface area (TPSA) is 77.8 Å². The lowest BCUT2D eigenvalue weighted by Gasteiger charge is -2.06. The van der Waals surface area contributed by atoms with Gasteiger partial charge in [0, 0.05) is 5.56 Å². The minimum Gasteiger partial charge on any atom is -0.381 e. The molecule has 0 fully saturated rings. The Balaban J connectivity index is 2.64. The highest BCUT2D eigenvalue weighted by Gasteiger charge is 2.12. The summed E-state index contributed by atoms with van der Waals surface area (Å²) in [4.78, 5) is 7.32.